The van der Waals surface area contributed by atoms with E-state index in [0.29, 0.717) is 86.4 Å². The van der Waals surface area contributed by atoms with Crippen molar-refractivity contribution in [3.8, 4) is 50.6 Å². The first-order valence-corrected chi connectivity index (χ1v) is 29.2. The third-order valence-electron chi connectivity index (χ3n) is 15.9. The van der Waals surface area contributed by atoms with Crippen molar-refractivity contribution in [2.45, 2.75) is 64.6 Å². The normalized spacial score (nSPS) is 14.3. The number of benzene rings is 6. The van der Waals surface area contributed by atoms with Gasteiger partial charge >= 0.3 is 16.9 Å². The van der Waals surface area contributed by atoms with E-state index in [9.17, 15) is 29.7 Å². The maximum Gasteiger partial charge on any atom is 0.347 e. The van der Waals surface area contributed by atoms with Gasteiger partial charge in [0.1, 0.15) is 61.8 Å². The largest absolute Gasteiger partial charge is 0.507 e. The fraction of sp³-hybridized carbons (Fsp3) is 0.273. The number of piperidine rings is 1. The number of aryl methyl sites for hydroxylation is 2. The number of hydrogen-bond acceptors (Lipinski definition) is 16. The molecule has 17 nitrogen and oxygen atoms in total. The number of aromatic nitrogens is 5. The molecule has 2 saturated heterocycles. The topological polar surface area (TPSA) is 210 Å². The zero-order valence-corrected chi connectivity index (χ0v) is 48.1. The van der Waals surface area contributed by atoms with Crippen molar-refractivity contribution in [2.24, 2.45) is 14.1 Å². The summed E-state index contributed by atoms with van der Waals surface area (Å²) in [5, 5.41) is 34.1. The molecule has 0 radical (unpaired) electrons. The van der Waals surface area contributed by atoms with E-state index >= 15 is 0 Å². The van der Waals surface area contributed by atoms with Crippen molar-refractivity contribution in [2.75, 3.05) is 40.3 Å². The van der Waals surface area contributed by atoms with Gasteiger partial charge in [-0.1, -0.05) is 55.7 Å². The number of fused-ring (bicyclic) bond motifs is 6. The van der Waals surface area contributed by atoms with E-state index in [2.05, 4.69) is 24.8 Å². The lowest BCUT2D eigenvalue weighted by Gasteiger charge is -2.26. The van der Waals surface area contributed by atoms with Gasteiger partial charge in [-0.15, -0.1) is 11.3 Å². The van der Waals surface area contributed by atoms with Crippen LogP contribution in [0.1, 0.15) is 61.6 Å². The highest BCUT2D eigenvalue weighted by atomic mass is 32.1. The summed E-state index contributed by atoms with van der Waals surface area (Å²) in [6.45, 7) is 5.63. The standard InChI is InChI=1S/C24H25N3O3.C23H23N3O3.C19H16N2O3S/c1-26-20-9-5-4-8-19(20)25-23(26)17-14-16-10-11-21(28)18(22(16)30-24(17)29)15-27-12-6-2-3-7-13-27;1-25-19-8-4-3-7-18(19)24-22(25)16-13-15-9-10-20(27)17(21(15)29-23(16)28)14-26-11-5-2-6-12-26;1-21(2)10-13-15(22)8-7-11-9-12(19(23)24-17(11)13)18-20-14-5-3-4-6-16(14)25-18/h4-5,8-11,14,28H,2-3,6-7,12-13,15H2,1H3;3-4,7-10,13,27H,2,5-6,11-12,14H2,1H3;3-9,22H,10H2,1-2H3. The summed E-state index contributed by atoms with van der Waals surface area (Å²) in [5.41, 5.74) is 7.72. The Bertz CT molecular complexity index is 4580. The SMILES string of the molecule is CN(C)Cc1c(O)ccc2cc(-c3nc4ccccc4s3)c(=O)oc12.Cn1c(-c2cc3ccc(O)c(CN4CCCCC4)c3oc2=O)nc2ccccc21.Cn1c(-c2cc3ccc(O)c(CN4CCCCCC4)c3oc2=O)nc2ccccc21. The van der Waals surface area contributed by atoms with Crippen molar-refractivity contribution in [3.05, 3.63) is 175 Å². The Morgan fingerprint density at radius 2 is 0.869 bits per heavy atom. The van der Waals surface area contributed by atoms with Gasteiger partial charge in [0.05, 0.1) is 54.5 Å². The lowest BCUT2D eigenvalue weighted by Crippen LogP contribution is -2.29. The Balaban J connectivity index is 0.000000125. The first kappa shape index (κ1) is 55.6. The van der Waals surface area contributed by atoms with E-state index in [1.54, 1.807) is 42.5 Å². The monoisotopic (exact) mass is 1140 g/mol. The Kier molecular flexibility index (Phi) is 15.7. The van der Waals surface area contributed by atoms with Gasteiger partial charge in [0.2, 0.25) is 0 Å². The molecule has 2 aliphatic heterocycles. The van der Waals surface area contributed by atoms with Crippen LogP contribution in [0.15, 0.2) is 155 Å². The maximum absolute atomic E-state index is 13.0. The number of hydrogen-bond donors (Lipinski definition) is 3. The number of likely N-dealkylation sites (tertiary alicyclic amines) is 2. The molecule has 3 N–H and O–H groups in total. The molecule has 14 rings (SSSR count). The number of para-hydroxylation sites is 5. The molecular formula is C66H64N8O9S. The maximum atomic E-state index is 13.0. The lowest BCUT2D eigenvalue weighted by molar-refractivity contribution is 0.218. The first-order valence-electron chi connectivity index (χ1n) is 28.4. The van der Waals surface area contributed by atoms with Crippen LogP contribution in [0.25, 0.3) is 98.5 Å². The second kappa shape index (κ2) is 23.7. The zero-order valence-electron chi connectivity index (χ0n) is 47.3. The average Bonchev–Trinajstić information content (AvgIpc) is 3.19. The molecule has 0 amide bonds. The van der Waals surface area contributed by atoms with Crippen LogP contribution in [0.2, 0.25) is 0 Å². The molecular weight excluding hydrogens is 1080 g/mol. The highest BCUT2D eigenvalue weighted by Crippen LogP contribution is 2.36. The van der Waals surface area contributed by atoms with Gasteiger partial charge in [-0.25, -0.2) is 29.3 Å². The van der Waals surface area contributed by atoms with Crippen LogP contribution in [0.5, 0.6) is 17.2 Å². The summed E-state index contributed by atoms with van der Waals surface area (Å²) in [5.74, 6) is 1.62. The molecule has 0 saturated carbocycles. The van der Waals surface area contributed by atoms with Crippen LogP contribution < -0.4 is 16.9 Å². The van der Waals surface area contributed by atoms with E-state index in [-0.39, 0.29) is 17.2 Å². The zero-order chi connectivity index (χ0) is 58.2. The summed E-state index contributed by atoms with van der Waals surface area (Å²) in [7, 11) is 7.58. The second-order valence-electron chi connectivity index (χ2n) is 22.0. The summed E-state index contributed by atoms with van der Waals surface area (Å²) in [4.78, 5) is 58.8. The highest BCUT2D eigenvalue weighted by molar-refractivity contribution is 7.21. The minimum Gasteiger partial charge on any atom is -0.507 e. The van der Waals surface area contributed by atoms with Crippen LogP contribution in [0.3, 0.4) is 0 Å². The molecule has 0 unspecified atom stereocenters. The highest BCUT2D eigenvalue weighted by Gasteiger charge is 2.23. The summed E-state index contributed by atoms with van der Waals surface area (Å²) in [6, 6.07) is 39.1. The van der Waals surface area contributed by atoms with Crippen LogP contribution >= 0.6 is 11.3 Å². The van der Waals surface area contributed by atoms with E-state index in [1.165, 1.54) is 30.6 Å². The number of aromatic hydroxyl groups is 3. The minimum absolute atomic E-state index is 0.122. The van der Waals surface area contributed by atoms with Crippen molar-refractivity contribution in [3.63, 3.8) is 0 Å². The molecule has 6 aromatic carbocycles. The smallest absolute Gasteiger partial charge is 0.347 e. The third-order valence-corrected chi connectivity index (χ3v) is 17.0. The Hall–Kier alpha value is -8.94. The Morgan fingerprint density at radius 1 is 0.476 bits per heavy atom. The molecule has 0 aliphatic carbocycles. The van der Waals surface area contributed by atoms with E-state index in [4.69, 9.17) is 13.3 Å². The lowest BCUT2D eigenvalue weighted by atomic mass is 10.1. The molecule has 0 atom stereocenters. The van der Waals surface area contributed by atoms with Gasteiger partial charge in [-0.2, -0.15) is 0 Å². The number of rotatable bonds is 9. The quantitative estimate of drug-likeness (QED) is 0.115. The molecule has 2 fully saturated rings. The van der Waals surface area contributed by atoms with Crippen LogP contribution in [0, 0.1) is 0 Å². The third kappa shape index (κ3) is 11.2. The Labute approximate surface area is 486 Å². The number of phenols is 3. The predicted molar refractivity (Wildman–Crippen MR) is 331 cm³/mol. The molecule has 8 heterocycles. The predicted octanol–water partition coefficient (Wildman–Crippen LogP) is 12.3. The van der Waals surface area contributed by atoms with Gasteiger partial charge in [-0.05, 0) is 157 Å². The molecule has 2 aliphatic rings. The van der Waals surface area contributed by atoms with Gasteiger partial charge in [0.25, 0.3) is 0 Å². The average molecular weight is 1150 g/mol. The number of phenolic OH excluding ortho intramolecular Hbond substituents is 3. The second-order valence-corrected chi connectivity index (χ2v) is 23.0. The van der Waals surface area contributed by atoms with Crippen molar-refractivity contribution in [1.29, 1.82) is 0 Å². The fourth-order valence-electron chi connectivity index (χ4n) is 11.6. The molecule has 0 bridgehead atoms. The summed E-state index contributed by atoms with van der Waals surface area (Å²) in [6.07, 6.45) is 8.37. The summed E-state index contributed by atoms with van der Waals surface area (Å²) < 4.78 is 22.0. The molecule has 84 heavy (non-hydrogen) atoms. The van der Waals surface area contributed by atoms with E-state index < -0.39 is 16.9 Å². The number of nitrogens with zero attached hydrogens (tertiary/aromatic N) is 8. The van der Waals surface area contributed by atoms with Crippen LogP contribution in [-0.4, -0.2) is 94.4 Å². The molecule has 6 aromatic heterocycles. The van der Waals surface area contributed by atoms with E-state index in [1.807, 2.05) is 127 Å². The van der Waals surface area contributed by atoms with Gasteiger partial charge in [0.15, 0.2) is 0 Å². The minimum atomic E-state index is -0.447. The molecule has 428 valence electrons. The molecule has 0 spiro atoms. The van der Waals surface area contributed by atoms with Crippen molar-refractivity contribution >= 4 is 76.5 Å². The number of imidazole rings is 2. The summed E-state index contributed by atoms with van der Waals surface area (Å²) >= 11 is 1.46. The van der Waals surface area contributed by atoms with Crippen LogP contribution in [0.4, 0.5) is 0 Å². The van der Waals surface area contributed by atoms with Crippen LogP contribution in [-0.2, 0) is 33.7 Å². The van der Waals surface area contributed by atoms with E-state index in [0.717, 1.165) is 100 Å². The fourth-order valence-corrected chi connectivity index (χ4v) is 12.5. The van der Waals surface area contributed by atoms with Crippen molar-refractivity contribution < 1.29 is 28.6 Å². The van der Waals surface area contributed by atoms with Gasteiger partial charge in [-0.3, -0.25) is 9.80 Å². The van der Waals surface area contributed by atoms with Gasteiger partial charge < -0.3 is 42.6 Å². The van der Waals surface area contributed by atoms with Gasteiger partial charge in [0, 0.05) is 49.9 Å². The number of thiazole rings is 1. The molecule has 12 aromatic rings. The van der Waals surface area contributed by atoms with Crippen molar-refractivity contribution in [1.82, 2.24) is 38.8 Å². The first-order chi connectivity index (χ1) is 40.8. The Morgan fingerprint density at radius 3 is 1.32 bits per heavy atom. The molecule has 18 heteroatoms.